The van der Waals surface area contributed by atoms with Gasteiger partial charge in [-0.3, -0.25) is 9.88 Å². The number of carboxylic acids is 1. The van der Waals surface area contributed by atoms with E-state index in [4.69, 9.17) is 19.4 Å². The van der Waals surface area contributed by atoms with Crippen molar-refractivity contribution in [3.05, 3.63) is 95.6 Å². The minimum absolute atomic E-state index is 0.151. The molecule has 0 aliphatic carbocycles. The Hall–Kier alpha value is -4.34. The standard InChI is InChI=1S/C33H33N5O4/c39-33(40)24-9-10-28-29(18-24)38(19-26-13-17-41-26)30(35-28)20-37-15-11-22(12-16-37)27-7-2-8-31(36-27)42-21-25-5-1-4-23-6-3-14-34-32(23)25/h1-10,14,18,22,26H,11-13,15-17,19-21H2,(H,39,40)/t26-/m0/s1. The molecule has 1 N–H and O–H groups in total. The van der Waals surface area contributed by atoms with E-state index < -0.39 is 5.97 Å². The number of carbonyl (C=O) groups is 1. The number of fused-ring (bicyclic) bond motifs is 2. The summed E-state index contributed by atoms with van der Waals surface area (Å²) in [5, 5.41) is 10.6. The molecule has 2 aromatic carbocycles. The number of likely N-dealkylation sites (tertiary alicyclic amines) is 1. The predicted molar refractivity (Wildman–Crippen MR) is 159 cm³/mol. The van der Waals surface area contributed by atoms with Crippen molar-refractivity contribution in [2.24, 2.45) is 0 Å². The molecule has 0 radical (unpaired) electrons. The third kappa shape index (κ3) is 5.45. The lowest BCUT2D eigenvalue weighted by Crippen LogP contribution is -2.35. The highest BCUT2D eigenvalue weighted by molar-refractivity contribution is 5.92. The van der Waals surface area contributed by atoms with Crippen molar-refractivity contribution in [2.45, 2.75) is 51.0 Å². The van der Waals surface area contributed by atoms with Crippen LogP contribution in [0.25, 0.3) is 21.9 Å². The van der Waals surface area contributed by atoms with Crippen molar-refractivity contribution in [1.82, 2.24) is 24.4 Å². The first-order valence-electron chi connectivity index (χ1n) is 14.6. The van der Waals surface area contributed by atoms with Gasteiger partial charge >= 0.3 is 5.97 Å². The number of imidazole rings is 1. The highest BCUT2D eigenvalue weighted by Crippen LogP contribution is 2.30. The number of para-hydroxylation sites is 1. The number of nitrogens with zero attached hydrogens (tertiary/aromatic N) is 5. The average Bonchev–Trinajstić information content (AvgIpc) is 3.34. The van der Waals surface area contributed by atoms with E-state index in [1.54, 1.807) is 12.1 Å². The topological polar surface area (TPSA) is 103 Å². The quantitative estimate of drug-likeness (QED) is 0.254. The summed E-state index contributed by atoms with van der Waals surface area (Å²) in [5.41, 5.74) is 5.03. The Bertz CT molecular complexity index is 1730. The summed E-state index contributed by atoms with van der Waals surface area (Å²) >= 11 is 0. The Morgan fingerprint density at radius 1 is 1.00 bits per heavy atom. The van der Waals surface area contributed by atoms with Gasteiger partial charge in [0.25, 0.3) is 0 Å². The molecule has 5 aromatic rings. The first-order valence-corrected chi connectivity index (χ1v) is 14.6. The summed E-state index contributed by atoms with van der Waals surface area (Å²) in [6.45, 7) is 4.47. The van der Waals surface area contributed by atoms with E-state index >= 15 is 0 Å². The summed E-state index contributed by atoms with van der Waals surface area (Å²) in [6.07, 6.45) is 4.97. The van der Waals surface area contributed by atoms with Crippen LogP contribution in [0.4, 0.5) is 0 Å². The van der Waals surface area contributed by atoms with Crippen LogP contribution in [0, 0.1) is 0 Å². The molecule has 42 heavy (non-hydrogen) atoms. The largest absolute Gasteiger partial charge is 0.478 e. The second-order valence-corrected chi connectivity index (χ2v) is 11.2. The maximum absolute atomic E-state index is 11.6. The Balaban J connectivity index is 1.01. The first kappa shape index (κ1) is 26.6. The third-order valence-corrected chi connectivity index (χ3v) is 8.46. The summed E-state index contributed by atoms with van der Waals surface area (Å²) in [5.74, 6) is 1.03. The van der Waals surface area contributed by atoms with Crippen LogP contribution in [0.1, 0.15) is 52.6 Å². The minimum Gasteiger partial charge on any atom is -0.478 e. The van der Waals surface area contributed by atoms with Crippen molar-refractivity contribution in [3.63, 3.8) is 0 Å². The molecule has 0 spiro atoms. The van der Waals surface area contributed by atoms with E-state index in [1.165, 1.54) is 0 Å². The molecule has 0 amide bonds. The third-order valence-electron chi connectivity index (χ3n) is 8.46. The number of rotatable bonds is 9. The minimum atomic E-state index is -0.929. The summed E-state index contributed by atoms with van der Waals surface area (Å²) in [4.78, 5) is 28.4. The van der Waals surface area contributed by atoms with Gasteiger partial charge in [-0.25, -0.2) is 14.8 Å². The number of hydrogen-bond acceptors (Lipinski definition) is 7. The van der Waals surface area contributed by atoms with Gasteiger partial charge in [-0.2, -0.15) is 0 Å². The maximum atomic E-state index is 11.6. The van der Waals surface area contributed by atoms with Gasteiger partial charge in [0.05, 0.1) is 41.3 Å². The van der Waals surface area contributed by atoms with Crippen LogP contribution in [0.2, 0.25) is 0 Å². The molecule has 9 nitrogen and oxygen atoms in total. The van der Waals surface area contributed by atoms with E-state index in [0.29, 0.717) is 31.5 Å². The van der Waals surface area contributed by atoms with Crippen LogP contribution >= 0.6 is 0 Å². The van der Waals surface area contributed by atoms with Crippen molar-refractivity contribution in [3.8, 4) is 5.88 Å². The molecule has 1 atom stereocenters. The summed E-state index contributed by atoms with van der Waals surface area (Å²) in [7, 11) is 0. The van der Waals surface area contributed by atoms with Gasteiger partial charge in [-0.05, 0) is 62.7 Å². The van der Waals surface area contributed by atoms with Crippen molar-refractivity contribution in [2.75, 3.05) is 19.7 Å². The second-order valence-electron chi connectivity index (χ2n) is 11.2. The number of aromatic nitrogens is 4. The van der Waals surface area contributed by atoms with Crippen LogP contribution in [-0.4, -0.2) is 61.3 Å². The van der Waals surface area contributed by atoms with Crippen LogP contribution in [-0.2, 0) is 24.4 Å². The molecule has 214 valence electrons. The second kappa shape index (κ2) is 11.5. The monoisotopic (exact) mass is 563 g/mol. The van der Waals surface area contributed by atoms with E-state index in [9.17, 15) is 9.90 Å². The Morgan fingerprint density at radius 2 is 1.83 bits per heavy atom. The smallest absolute Gasteiger partial charge is 0.335 e. The molecule has 7 rings (SSSR count). The summed E-state index contributed by atoms with van der Waals surface area (Å²) in [6, 6.07) is 21.4. The van der Waals surface area contributed by atoms with E-state index in [1.807, 2.05) is 42.6 Å². The van der Waals surface area contributed by atoms with Crippen LogP contribution < -0.4 is 4.74 Å². The summed E-state index contributed by atoms with van der Waals surface area (Å²) < 4.78 is 14.0. The molecule has 0 saturated carbocycles. The lowest BCUT2D eigenvalue weighted by Gasteiger charge is -2.32. The molecule has 2 saturated heterocycles. The van der Waals surface area contributed by atoms with Crippen LogP contribution in [0.5, 0.6) is 5.88 Å². The van der Waals surface area contributed by atoms with E-state index in [-0.39, 0.29) is 11.7 Å². The van der Waals surface area contributed by atoms with Crippen molar-refractivity contribution < 1.29 is 19.4 Å². The van der Waals surface area contributed by atoms with Gasteiger partial charge in [-0.15, -0.1) is 0 Å². The Kier molecular flexibility index (Phi) is 7.27. The molecular formula is C33H33N5O4. The molecular weight excluding hydrogens is 530 g/mol. The lowest BCUT2D eigenvalue weighted by atomic mass is 9.93. The molecule has 2 aliphatic heterocycles. The van der Waals surface area contributed by atoms with Gasteiger partial charge in [0.2, 0.25) is 5.88 Å². The fourth-order valence-electron chi connectivity index (χ4n) is 6.02. The zero-order valence-corrected chi connectivity index (χ0v) is 23.4. The van der Waals surface area contributed by atoms with Gasteiger partial charge < -0.3 is 19.1 Å². The van der Waals surface area contributed by atoms with Crippen LogP contribution in [0.3, 0.4) is 0 Å². The highest BCUT2D eigenvalue weighted by atomic mass is 16.5. The van der Waals surface area contributed by atoms with Gasteiger partial charge in [0.15, 0.2) is 0 Å². The molecule has 2 fully saturated rings. The fraction of sp³-hybridized carbons (Fsp3) is 0.333. The van der Waals surface area contributed by atoms with Crippen molar-refractivity contribution >= 4 is 27.9 Å². The molecule has 5 heterocycles. The van der Waals surface area contributed by atoms with Crippen molar-refractivity contribution in [1.29, 1.82) is 0 Å². The number of pyridine rings is 2. The molecule has 0 bridgehead atoms. The number of aromatic carboxylic acids is 1. The molecule has 9 heteroatoms. The molecule has 0 unspecified atom stereocenters. The predicted octanol–water partition coefficient (Wildman–Crippen LogP) is 5.43. The van der Waals surface area contributed by atoms with Gasteiger partial charge in [-0.1, -0.05) is 30.3 Å². The first-order chi connectivity index (χ1) is 20.6. The SMILES string of the molecule is O=C(O)c1ccc2nc(CN3CCC(c4cccc(OCc5cccc6cccnc56)n4)CC3)n(C[C@@H]3CCO3)c2c1. The van der Waals surface area contributed by atoms with E-state index in [0.717, 1.165) is 78.0 Å². The van der Waals surface area contributed by atoms with E-state index in [2.05, 4.69) is 32.7 Å². The number of hydrogen-bond donors (Lipinski definition) is 1. The lowest BCUT2D eigenvalue weighted by molar-refractivity contribution is -0.0592. The van der Waals surface area contributed by atoms with Crippen LogP contribution in [0.15, 0.2) is 72.9 Å². The number of benzene rings is 2. The average molecular weight is 564 g/mol. The number of ether oxygens (including phenoxy) is 2. The highest BCUT2D eigenvalue weighted by Gasteiger charge is 2.26. The Morgan fingerprint density at radius 3 is 2.64 bits per heavy atom. The normalized spacial score (nSPS) is 17.9. The Labute approximate surface area is 243 Å². The number of carboxylic acid groups (broad SMARTS) is 1. The van der Waals surface area contributed by atoms with Gasteiger partial charge in [0.1, 0.15) is 12.4 Å². The molecule has 2 aliphatic rings. The maximum Gasteiger partial charge on any atom is 0.335 e. The zero-order valence-electron chi connectivity index (χ0n) is 23.4. The molecule has 3 aromatic heterocycles. The zero-order chi connectivity index (χ0) is 28.5. The van der Waals surface area contributed by atoms with Gasteiger partial charge in [0, 0.05) is 41.4 Å². The number of piperidine rings is 1. The fourth-order valence-corrected chi connectivity index (χ4v) is 6.02.